The summed E-state index contributed by atoms with van der Waals surface area (Å²) < 4.78 is 0. The Hall–Kier alpha value is -1.16. The van der Waals surface area contributed by atoms with Gasteiger partial charge >= 0.3 is 0 Å². The highest BCUT2D eigenvalue weighted by atomic mass is 32.1. The average Bonchev–Trinajstić information content (AvgIpc) is 2.39. The van der Waals surface area contributed by atoms with Crippen molar-refractivity contribution in [2.45, 2.75) is 0 Å². The number of nitrogens with one attached hydrogen (secondary N) is 1. The normalized spacial score (nSPS) is 16.4. The fourth-order valence-electron chi connectivity index (χ4n) is 0.735. The third-order valence-electron chi connectivity index (χ3n) is 1.20. The molecule has 0 heterocycles. The fraction of sp³-hybridized carbons (Fsp3) is 0.143. The quantitative estimate of drug-likeness (QED) is 0.359. The van der Waals surface area contributed by atoms with Crippen LogP contribution in [0.2, 0.25) is 0 Å². The van der Waals surface area contributed by atoms with Gasteiger partial charge < -0.3 is 5.73 Å². The van der Waals surface area contributed by atoms with E-state index in [4.69, 9.17) is 5.73 Å². The first-order valence-corrected chi connectivity index (χ1v) is 3.63. The Morgan fingerprint density at radius 3 is 2.73 bits per heavy atom. The largest absolute Gasteiger partial charge is 0.375 e. The Balaban J connectivity index is 2.30. The van der Waals surface area contributed by atoms with Crippen LogP contribution in [-0.4, -0.2) is 11.3 Å². The zero-order valence-electron chi connectivity index (χ0n) is 5.90. The Morgan fingerprint density at radius 1 is 1.55 bits per heavy atom. The summed E-state index contributed by atoms with van der Waals surface area (Å²) in [5, 5.41) is 4.00. The molecule has 0 aliphatic heterocycles. The molecule has 0 aromatic heterocycles. The van der Waals surface area contributed by atoms with E-state index in [0.717, 1.165) is 0 Å². The summed E-state index contributed by atoms with van der Waals surface area (Å²) in [6.07, 6.45) is 9.71. The van der Waals surface area contributed by atoms with Crippen LogP contribution in [0.5, 0.6) is 0 Å². The molecule has 0 spiro atoms. The second kappa shape index (κ2) is 3.88. The van der Waals surface area contributed by atoms with Gasteiger partial charge in [-0.3, -0.25) is 5.43 Å². The third kappa shape index (κ3) is 2.95. The molecule has 58 valence electrons. The van der Waals surface area contributed by atoms with E-state index in [1.165, 1.54) is 0 Å². The van der Waals surface area contributed by atoms with Gasteiger partial charge in [0.05, 0.1) is 0 Å². The maximum atomic E-state index is 5.15. The van der Waals surface area contributed by atoms with Crippen LogP contribution in [0.1, 0.15) is 0 Å². The van der Waals surface area contributed by atoms with E-state index in [0.29, 0.717) is 0 Å². The summed E-state index contributed by atoms with van der Waals surface area (Å²) in [6, 6.07) is 0. The molecule has 0 atom stereocenters. The fourth-order valence-corrected chi connectivity index (χ4v) is 0.788. The van der Waals surface area contributed by atoms with Crippen LogP contribution in [0.25, 0.3) is 0 Å². The van der Waals surface area contributed by atoms with Gasteiger partial charge in [-0.25, -0.2) is 0 Å². The van der Waals surface area contributed by atoms with Crippen molar-refractivity contribution in [1.29, 1.82) is 0 Å². The average molecular weight is 167 g/mol. The number of nitrogens with two attached hydrogens (primary N) is 1. The highest BCUT2D eigenvalue weighted by Crippen LogP contribution is 2.04. The molecule has 0 bridgehead atoms. The van der Waals surface area contributed by atoms with Gasteiger partial charge in [-0.05, 0) is 12.2 Å². The van der Waals surface area contributed by atoms with Crippen LogP contribution in [0.3, 0.4) is 0 Å². The number of rotatable bonds is 2. The number of thiocarbonyl (C=S) groups is 1. The molecule has 11 heavy (non-hydrogen) atoms. The maximum Gasteiger partial charge on any atom is 0.184 e. The van der Waals surface area contributed by atoms with Crippen molar-refractivity contribution in [1.82, 2.24) is 5.43 Å². The zero-order valence-corrected chi connectivity index (χ0v) is 6.71. The molecular formula is C7H9N3S. The smallest absolute Gasteiger partial charge is 0.184 e. The Kier molecular flexibility index (Phi) is 2.80. The van der Waals surface area contributed by atoms with Crippen molar-refractivity contribution in [3.05, 3.63) is 24.3 Å². The molecule has 1 aliphatic rings. The lowest BCUT2D eigenvalue weighted by molar-refractivity contribution is 1.01. The highest BCUT2D eigenvalue weighted by molar-refractivity contribution is 7.80. The minimum atomic E-state index is 0.187. The zero-order chi connectivity index (χ0) is 8.10. The molecule has 0 radical (unpaired) electrons. The van der Waals surface area contributed by atoms with Crippen LogP contribution in [0.4, 0.5) is 0 Å². The lowest BCUT2D eigenvalue weighted by Gasteiger charge is -1.95. The van der Waals surface area contributed by atoms with Crippen LogP contribution >= 0.6 is 12.2 Å². The molecule has 0 saturated heterocycles. The standard InChI is InChI=1S/C7H9N3S/c8-7(11)10-9-5-6-3-1-2-4-6/h1-6H,(H3,8,10,11). The van der Waals surface area contributed by atoms with E-state index in [1.807, 2.05) is 24.3 Å². The van der Waals surface area contributed by atoms with Crippen LogP contribution in [-0.2, 0) is 0 Å². The first-order valence-electron chi connectivity index (χ1n) is 3.22. The summed E-state index contributed by atoms with van der Waals surface area (Å²) in [5.74, 6) is 0.275. The number of nitrogens with zero attached hydrogens (tertiary/aromatic N) is 1. The minimum absolute atomic E-state index is 0.187. The summed E-state index contributed by atoms with van der Waals surface area (Å²) in [5.41, 5.74) is 7.63. The number of hydrogen-bond donors (Lipinski definition) is 2. The Labute approximate surface area is 70.7 Å². The van der Waals surface area contributed by atoms with Gasteiger partial charge in [0.25, 0.3) is 0 Å². The molecule has 0 saturated carbocycles. The van der Waals surface area contributed by atoms with Crippen LogP contribution < -0.4 is 11.2 Å². The van der Waals surface area contributed by atoms with Crippen molar-refractivity contribution < 1.29 is 0 Å². The molecular weight excluding hydrogens is 158 g/mol. The van der Waals surface area contributed by atoms with Gasteiger partial charge in [0.15, 0.2) is 5.11 Å². The van der Waals surface area contributed by atoms with Gasteiger partial charge in [0.2, 0.25) is 0 Å². The second-order valence-corrected chi connectivity index (χ2v) is 2.54. The monoisotopic (exact) mass is 167 g/mol. The molecule has 0 unspecified atom stereocenters. The third-order valence-corrected chi connectivity index (χ3v) is 1.29. The summed E-state index contributed by atoms with van der Waals surface area (Å²) in [7, 11) is 0. The van der Waals surface area contributed by atoms with E-state index >= 15 is 0 Å². The first kappa shape index (κ1) is 7.94. The van der Waals surface area contributed by atoms with Gasteiger partial charge in [0.1, 0.15) is 0 Å². The van der Waals surface area contributed by atoms with Gasteiger partial charge in [-0.15, -0.1) is 0 Å². The second-order valence-electron chi connectivity index (χ2n) is 2.10. The van der Waals surface area contributed by atoms with Gasteiger partial charge in [-0.1, -0.05) is 24.3 Å². The van der Waals surface area contributed by atoms with Crippen molar-refractivity contribution in [2.75, 3.05) is 0 Å². The van der Waals surface area contributed by atoms with Crippen LogP contribution in [0, 0.1) is 5.92 Å². The van der Waals surface area contributed by atoms with E-state index in [1.54, 1.807) is 6.21 Å². The SMILES string of the molecule is NC(=S)NN=CC1C=CC=C1. The molecule has 1 rings (SSSR count). The van der Waals surface area contributed by atoms with Crippen molar-refractivity contribution in [2.24, 2.45) is 16.8 Å². The predicted octanol–water partition coefficient (Wildman–Crippen LogP) is 0.548. The minimum Gasteiger partial charge on any atom is -0.375 e. The van der Waals surface area contributed by atoms with Crippen molar-refractivity contribution in [3.63, 3.8) is 0 Å². The van der Waals surface area contributed by atoms with Gasteiger partial charge in [-0.2, -0.15) is 5.10 Å². The summed E-state index contributed by atoms with van der Waals surface area (Å²) in [6.45, 7) is 0. The lowest BCUT2D eigenvalue weighted by Crippen LogP contribution is -2.24. The molecule has 4 heteroatoms. The summed E-state index contributed by atoms with van der Waals surface area (Å²) in [4.78, 5) is 0. The lowest BCUT2D eigenvalue weighted by atomic mass is 10.2. The molecule has 0 amide bonds. The number of allylic oxidation sites excluding steroid dienone is 4. The topological polar surface area (TPSA) is 50.4 Å². The molecule has 3 nitrogen and oxygen atoms in total. The van der Waals surface area contributed by atoms with Crippen molar-refractivity contribution >= 4 is 23.5 Å². The molecule has 0 fully saturated rings. The van der Waals surface area contributed by atoms with E-state index in [2.05, 4.69) is 22.7 Å². The Bertz CT molecular complexity index is 218. The molecule has 1 aliphatic carbocycles. The molecule has 3 N–H and O–H groups in total. The molecule has 0 aromatic rings. The Morgan fingerprint density at radius 2 is 2.18 bits per heavy atom. The predicted molar refractivity (Wildman–Crippen MR) is 50.2 cm³/mol. The maximum absolute atomic E-state index is 5.15. The first-order chi connectivity index (χ1) is 5.29. The van der Waals surface area contributed by atoms with Crippen molar-refractivity contribution in [3.8, 4) is 0 Å². The summed E-state index contributed by atoms with van der Waals surface area (Å²) >= 11 is 4.55. The highest BCUT2D eigenvalue weighted by Gasteiger charge is 1.97. The van der Waals surface area contributed by atoms with E-state index in [9.17, 15) is 0 Å². The number of hydrogen-bond acceptors (Lipinski definition) is 2. The molecule has 0 aromatic carbocycles. The van der Waals surface area contributed by atoms with E-state index in [-0.39, 0.29) is 11.0 Å². The van der Waals surface area contributed by atoms with E-state index < -0.39 is 0 Å². The van der Waals surface area contributed by atoms with Crippen LogP contribution in [0.15, 0.2) is 29.4 Å². The van der Waals surface area contributed by atoms with Gasteiger partial charge in [0, 0.05) is 12.1 Å². The number of hydrazone groups is 1.